The Hall–Kier alpha value is -1.73. The Labute approximate surface area is 171 Å². The number of hydrogen-bond donors (Lipinski definition) is 1. The van der Waals surface area contributed by atoms with Crippen LogP contribution in [0.3, 0.4) is 0 Å². The van der Waals surface area contributed by atoms with Gasteiger partial charge in [0.15, 0.2) is 0 Å². The van der Waals surface area contributed by atoms with Crippen LogP contribution in [0.1, 0.15) is 56.8 Å². The molecule has 0 saturated heterocycles. The number of hydrogen-bond acceptors (Lipinski definition) is 5. The molecule has 0 bridgehead atoms. The quantitative estimate of drug-likeness (QED) is 0.735. The van der Waals surface area contributed by atoms with Gasteiger partial charge in [-0.25, -0.2) is 4.98 Å². The van der Waals surface area contributed by atoms with E-state index in [1.807, 2.05) is 0 Å². The lowest BCUT2D eigenvalue weighted by Gasteiger charge is -2.20. The van der Waals surface area contributed by atoms with Crippen molar-refractivity contribution in [3.63, 3.8) is 0 Å². The molecule has 1 N–H and O–H groups in total. The maximum Gasteiger partial charge on any atom is 0.263 e. The lowest BCUT2D eigenvalue weighted by molar-refractivity contribution is -0.121. The second-order valence-corrected chi connectivity index (χ2v) is 9.05. The highest BCUT2D eigenvalue weighted by Gasteiger charge is 2.23. The molecule has 3 rings (SSSR count). The smallest absolute Gasteiger partial charge is 0.263 e. The second kappa shape index (κ2) is 9.18. The van der Waals surface area contributed by atoms with E-state index in [1.165, 1.54) is 16.9 Å². The van der Waals surface area contributed by atoms with Gasteiger partial charge in [0.05, 0.1) is 11.9 Å². The van der Waals surface area contributed by atoms with Crippen LogP contribution in [0, 0.1) is 5.92 Å². The van der Waals surface area contributed by atoms with Gasteiger partial charge in [-0.1, -0.05) is 27.7 Å². The highest BCUT2D eigenvalue weighted by Crippen LogP contribution is 2.33. The first-order valence-corrected chi connectivity index (χ1v) is 11.3. The first-order valence-electron chi connectivity index (χ1n) is 10.5. The molecule has 2 aromatic heterocycles. The van der Waals surface area contributed by atoms with E-state index in [1.54, 1.807) is 15.9 Å². The minimum Gasteiger partial charge on any atom is -0.354 e. The molecule has 28 heavy (non-hydrogen) atoms. The molecule has 0 saturated carbocycles. The summed E-state index contributed by atoms with van der Waals surface area (Å²) < 4.78 is 1.61. The van der Waals surface area contributed by atoms with E-state index in [-0.39, 0.29) is 18.0 Å². The maximum absolute atomic E-state index is 13.4. The van der Waals surface area contributed by atoms with Crippen molar-refractivity contribution in [1.29, 1.82) is 0 Å². The molecule has 1 aliphatic rings. The topological polar surface area (TPSA) is 67.2 Å². The number of aryl methyl sites for hydroxylation is 2. The standard InChI is InChI=1S/C21H32N4O2S/c1-5-24(6-2)12-17-23-20-19(15-9-7-8-10-16(15)28-20)21(27)25(17)13-18(26)22-11-14(3)4/h14H,5-13H2,1-4H3,(H,22,26). The summed E-state index contributed by atoms with van der Waals surface area (Å²) in [6, 6.07) is 0. The lowest BCUT2D eigenvalue weighted by atomic mass is 9.97. The van der Waals surface area contributed by atoms with Crippen LogP contribution in [0.5, 0.6) is 0 Å². The molecule has 1 aliphatic carbocycles. The van der Waals surface area contributed by atoms with Crippen LogP contribution >= 0.6 is 11.3 Å². The lowest BCUT2D eigenvalue weighted by Crippen LogP contribution is -2.37. The zero-order valence-electron chi connectivity index (χ0n) is 17.5. The van der Waals surface area contributed by atoms with E-state index >= 15 is 0 Å². The van der Waals surface area contributed by atoms with Crippen molar-refractivity contribution in [2.75, 3.05) is 19.6 Å². The number of rotatable bonds is 8. The zero-order valence-corrected chi connectivity index (χ0v) is 18.3. The van der Waals surface area contributed by atoms with E-state index in [4.69, 9.17) is 4.98 Å². The third kappa shape index (κ3) is 4.46. The molecule has 0 spiro atoms. The molecule has 0 fully saturated rings. The first-order chi connectivity index (χ1) is 13.4. The Bertz CT molecular complexity index is 896. The van der Waals surface area contributed by atoms with Gasteiger partial charge < -0.3 is 5.32 Å². The summed E-state index contributed by atoms with van der Waals surface area (Å²) in [6.45, 7) is 11.3. The van der Waals surface area contributed by atoms with E-state index in [0.29, 0.717) is 24.8 Å². The predicted molar refractivity (Wildman–Crippen MR) is 115 cm³/mol. The fraction of sp³-hybridized carbons (Fsp3) is 0.667. The Kier molecular flexibility index (Phi) is 6.88. The minimum atomic E-state index is -0.123. The fourth-order valence-corrected chi connectivity index (χ4v) is 5.00. The zero-order chi connectivity index (χ0) is 20.3. The molecular weight excluding hydrogens is 372 g/mol. The van der Waals surface area contributed by atoms with Crippen molar-refractivity contribution < 1.29 is 4.79 Å². The molecule has 154 valence electrons. The molecule has 7 heteroatoms. The van der Waals surface area contributed by atoms with Gasteiger partial charge in [0.1, 0.15) is 17.2 Å². The van der Waals surface area contributed by atoms with E-state index in [9.17, 15) is 9.59 Å². The van der Waals surface area contributed by atoms with E-state index in [2.05, 4.69) is 37.9 Å². The van der Waals surface area contributed by atoms with Crippen LogP contribution in [-0.4, -0.2) is 40.0 Å². The predicted octanol–water partition coefficient (Wildman–Crippen LogP) is 2.95. The SMILES string of the molecule is CCN(CC)Cc1nc2sc3c(c2c(=O)n1CC(=O)NCC(C)C)CCCC3. The molecule has 0 unspecified atom stereocenters. The number of carbonyl (C=O) groups is 1. The third-order valence-electron chi connectivity index (χ3n) is 5.42. The Morgan fingerprint density at radius 1 is 1.25 bits per heavy atom. The fourth-order valence-electron chi connectivity index (χ4n) is 3.73. The summed E-state index contributed by atoms with van der Waals surface area (Å²) in [5, 5.41) is 3.68. The number of nitrogens with zero attached hydrogens (tertiary/aromatic N) is 3. The van der Waals surface area contributed by atoms with Crippen LogP contribution in [0.4, 0.5) is 0 Å². The monoisotopic (exact) mass is 404 g/mol. The number of thiophene rings is 1. The number of nitrogens with one attached hydrogen (secondary N) is 1. The van der Waals surface area contributed by atoms with Gasteiger partial charge in [0, 0.05) is 11.4 Å². The number of fused-ring (bicyclic) bond motifs is 3. The molecule has 0 aliphatic heterocycles. The van der Waals surface area contributed by atoms with E-state index in [0.717, 1.165) is 42.6 Å². The molecule has 6 nitrogen and oxygen atoms in total. The summed E-state index contributed by atoms with van der Waals surface area (Å²) in [7, 11) is 0. The Morgan fingerprint density at radius 3 is 2.64 bits per heavy atom. The number of aromatic nitrogens is 2. The molecule has 0 aromatic carbocycles. The van der Waals surface area contributed by atoms with Gasteiger partial charge in [0.25, 0.3) is 5.56 Å². The summed E-state index contributed by atoms with van der Waals surface area (Å²) in [5.41, 5.74) is 1.13. The summed E-state index contributed by atoms with van der Waals surface area (Å²) in [6.07, 6.45) is 4.28. The average molecular weight is 405 g/mol. The molecule has 2 aromatic rings. The van der Waals surface area contributed by atoms with Crippen LogP contribution in [0.15, 0.2) is 4.79 Å². The second-order valence-electron chi connectivity index (χ2n) is 7.97. The van der Waals surface area contributed by atoms with Crippen molar-refractivity contribution in [2.24, 2.45) is 5.92 Å². The number of amides is 1. The van der Waals surface area contributed by atoms with Crippen molar-refractivity contribution in [2.45, 2.75) is 66.5 Å². The van der Waals surface area contributed by atoms with Crippen molar-refractivity contribution in [3.05, 3.63) is 26.6 Å². The first kappa shape index (κ1) is 21.0. The molecule has 0 atom stereocenters. The molecule has 0 radical (unpaired) electrons. The van der Waals surface area contributed by atoms with Crippen LogP contribution in [0.2, 0.25) is 0 Å². The van der Waals surface area contributed by atoms with Crippen molar-refractivity contribution in [3.8, 4) is 0 Å². The normalized spacial score (nSPS) is 14.1. The van der Waals surface area contributed by atoms with Crippen LogP contribution in [0.25, 0.3) is 10.2 Å². The van der Waals surface area contributed by atoms with Crippen molar-refractivity contribution in [1.82, 2.24) is 19.8 Å². The molecule has 2 heterocycles. The average Bonchev–Trinajstić information content (AvgIpc) is 3.05. The summed E-state index contributed by atoms with van der Waals surface area (Å²) >= 11 is 1.67. The highest BCUT2D eigenvalue weighted by atomic mass is 32.1. The molecule has 1 amide bonds. The molecular formula is C21H32N4O2S. The van der Waals surface area contributed by atoms with Crippen LogP contribution < -0.4 is 10.9 Å². The Balaban J connectivity index is 2.04. The van der Waals surface area contributed by atoms with Gasteiger partial charge in [0.2, 0.25) is 5.91 Å². The Morgan fingerprint density at radius 2 is 1.96 bits per heavy atom. The van der Waals surface area contributed by atoms with Gasteiger partial charge >= 0.3 is 0 Å². The maximum atomic E-state index is 13.4. The highest BCUT2D eigenvalue weighted by molar-refractivity contribution is 7.18. The largest absolute Gasteiger partial charge is 0.354 e. The van der Waals surface area contributed by atoms with Gasteiger partial charge in [-0.15, -0.1) is 11.3 Å². The summed E-state index contributed by atoms with van der Waals surface area (Å²) in [5.74, 6) is 0.946. The van der Waals surface area contributed by atoms with E-state index < -0.39 is 0 Å². The third-order valence-corrected chi connectivity index (χ3v) is 6.61. The van der Waals surface area contributed by atoms with Gasteiger partial charge in [-0.3, -0.25) is 19.1 Å². The minimum absolute atomic E-state index is 0.0374. The van der Waals surface area contributed by atoms with Crippen LogP contribution in [-0.2, 0) is 30.7 Å². The summed E-state index contributed by atoms with van der Waals surface area (Å²) in [4.78, 5) is 35.2. The van der Waals surface area contributed by atoms with Crippen molar-refractivity contribution >= 4 is 27.5 Å². The number of carbonyl (C=O) groups excluding carboxylic acids is 1. The van der Waals surface area contributed by atoms with Gasteiger partial charge in [-0.05, 0) is 50.3 Å². The van der Waals surface area contributed by atoms with Gasteiger partial charge in [-0.2, -0.15) is 0 Å².